The molecule has 0 bridgehead atoms. The second-order valence-corrected chi connectivity index (χ2v) is 5.83. The van der Waals surface area contributed by atoms with Crippen molar-refractivity contribution in [3.63, 3.8) is 0 Å². The third kappa shape index (κ3) is 4.72. The van der Waals surface area contributed by atoms with Crippen molar-refractivity contribution in [2.24, 2.45) is 0 Å². The van der Waals surface area contributed by atoms with E-state index in [0.717, 1.165) is 5.69 Å². The van der Waals surface area contributed by atoms with Crippen molar-refractivity contribution in [3.05, 3.63) is 83.4 Å². The number of anilines is 2. The molecule has 2 N–H and O–H groups in total. The lowest BCUT2D eigenvalue weighted by atomic mass is 10.1. The maximum Gasteiger partial charge on any atom is 0.254 e. The second kappa shape index (κ2) is 8.18. The third-order valence-corrected chi connectivity index (χ3v) is 3.86. The average Bonchev–Trinajstić information content (AvgIpc) is 2.68. The Bertz CT molecular complexity index is 956. The van der Waals surface area contributed by atoms with Gasteiger partial charge in [-0.3, -0.25) is 9.59 Å². The Labute approximate surface area is 155 Å². The molecule has 7 heteroatoms. The van der Waals surface area contributed by atoms with Crippen LogP contribution in [0.4, 0.5) is 16.0 Å². The Morgan fingerprint density at radius 3 is 2.26 bits per heavy atom. The number of benzene rings is 2. The zero-order chi connectivity index (χ0) is 19.2. The first-order valence-corrected chi connectivity index (χ1v) is 8.24. The lowest BCUT2D eigenvalue weighted by Gasteiger charge is -2.08. The first kappa shape index (κ1) is 18.2. The largest absolute Gasteiger partial charge is 0.348 e. The minimum Gasteiger partial charge on any atom is -0.348 e. The number of halogens is 1. The summed E-state index contributed by atoms with van der Waals surface area (Å²) in [5, 5.41) is 5.62. The van der Waals surface area contributed by atoms with Gasteiger partial charge in [-0.05, 0) is 37.3 Å². The molecule has 0 radical (unpaired) electrons. The number of nitrogens with one attached hydrogen (secondary N) is 2. The molecule has 0 spiro atoms. The van der Waals surface area contributed by atoms with Crippen molar-refractivity contribution >= 4 is 23.3 Å². The summed E-state index contributed by atoms with van der Waals surface area (Å²) in [4.78, 5) is 31.6. The number of carbonyl (C=O) groups excluding carboxylic acids is 2. The van der Waals surface area contributed by atoms with Gasteiger partial charge in [0.1, 0.15) is 5.82 Å². The molecule has 0 saturated heterocycles. The van der Waals surface area contributed by atoms with Crippen molar-refractivity contribution in [3.8, 4) is 0 Å². The standard InChI is InChI=1S/C20H17FN4O2/c1-13(26)14-6-8-17(9-7-14)25-20-23-11-16(12-24-20)19(27)22-10-15-4-2-3-5-18(15)21/h2-9,11-12H,10H2,1H3,(H,22,27)(H,23,24,25). The Morgan fingerprint density at radius 2 is 1.63 bits per heavy atom. The summed E-state index contributed by atoms with van der Waals surface area (Å²) in [5.74, 6) is -0.459. The first-order chi connectivity index (χ1) is 13.0. The van der Waals surface area contributed by atoms with Crippen LogP contribution in [0.25, 0.3) is 0 Å². The monoisotopic (exact) mass is 364 g/mol. The van der Waals surface area contributed by atoms with E-state index in [4.69, 9.17) is 0 Å². The van der Waals surface area contributed by atoms with Crippen LogP contribution in [-0.2, 0) is 6.54 Å². The Morgan fingerprint density at radius 1 is 0.963 bits per heavy atom. The van der Waals surface area contributed by atoms with E-state index in [1.807, 2.05) is 0 Å². The van der Waals surface area contributed by atoms with E-state index in [1.54, 1.807) is 42.5 Å². The minimum absolute atomic E-state index is 0.0106. The summed E-state index contributed by atoms with van der Waals surface area (Å²) < 4.78 is 13.6. The van der Waals surface area contributed by atoms with Crippen LogP contribution in [0.5, 0.6) is 0 Å². The predicted octanol–water partition coefficient (Wildman–Crippen LogP) is 3.49. The van der Waals surface area contributed by atoms with Gasteiger partial charge in [0.05, 0.1) is 5.56 Å². The molecular weight excluding hydrogens is 347 g/mol. The normalized spacial score (nSPS) is 10.3. The zero-order valence-electron chi connectivity index (χ0n) is 14.6. The summed E-state index contributed by atoms with van der Waals surface area (Å²) in [6, 6.07) is 13.1. The Balaban J connectivity index is 1.60. The predicted molar refractivity (Wildman–Crippen MR) is 99.3 cm³/mol. The SMILES string of the molecule is CC(=O)c1ccc(Nc2ncc(C(=O)NCc3ccccc3F)cn2)cc1. The first-order valence-electron chi connectivity index (χ1n) is 8.24. The molecule has 6 nitrogen and oxygen atoms in total. The Hall–Kier alpha value is -3.61. The molecule has 2 aromatic carbocycles. The number of aromatic nitrogens is 2. The van der Waals surface area contributed by atoms with Crippen molar-refractivity contribution in [2.75, 3.05) is 5.32 Å². The summed E-state index contributed by atoms with van der Waals surface area (Å²) in [5.41, 5.74) is 2.00. The number of amides is 1. The van der Waals surface area contributed by atoms with E-state index in [9.17, 15) is 14.0 Å². The summed E-state index contributed by atoms with van der Waals surface area (Å²) in [6.45, 7) is 1.58. The Kier molecular flexibility index (Phi) is 5.51. The molecule has 1 amide bonds. The molecule has 0 saturated carbocycles. The van der Waals surface area contributed by atoms with Gasteiger partial charge < -0.3 is 10.6 Å². The van der Waals surface area contributed by atoms with Gasteiger partial charge in [-0.25, -0.2) is 14.4 Å². The van der Waals surface area contributed by atoms with Crippen LogP contribution in [0.15, 0.2) is 60.9 Å². The number of ketones is 1. The van der Waals surface area contributed by atoms with Gasteiger partial charge in [0.15, 0.2) is 5.78 Å². The molecule has 1 heterocycles. The smallest absolute Gasteiger partial charge is 0.254 e. The highest BCUT2D eigenvalue weighted by Gasteiger charge is 2.09. The maximum absolute atomic E-state index is 13.6. The lowest BCUT2D eigenvalue weighted by molar-refractivity contribution is 0.0949. The molecular formula is C20H17FN4O2. The van der Waals surface area contributed by atoms with Crippen LogP contribution >= 0.6 is 0 Å². The van der Waals surface area contributed by atoms with Gasteiger partial charge in [-0.1, -0.05) is 18.2 Å². The van der Waals surface area contributed by atoms with E-state index < -0.39 is 5.91 Å². The third-order valence-electron chi connectivity index (χ3n) is 3.86. The summed E-state index contributed by atoms with van der Waals surface area (Å²) >= 11 is 0. The van der Waals surface area contributed by atoms with Crippen LogP contribution in [-0.4, -0.2) is 21.7 Å². The van der Waals surface area contributed by atoms with Gasteiger partial charge in [0.25, 0.3) is 5.91 Å². The molecule has 0 fully saturated rings. The van der Waals surface area contributed by atoms with Crippen LogP contribution in [0.3, 0.4) is 0 Å². The fourth-order valence-electron chi connectivity index (χ4n) is 2.35. The molecule has 136 valence electrons. The van der Waals surface area contributed by atoms with Crippen molar-refractivity contribution < 1.29 is 14.0 Å². The molecule has 3 aromatic rings. The highest BCUT2D eigenvalue weighted by Crippen LogP contribution is 2.14. The van der Waals surface area contributed by atoms with E-state index in [0.29, 0.717) is 17.1 Å². The molecule has 27 heavy (non-hydrogen) atoms. The second-order valence-electron chi connectivity index (χ2n) is 5.83. The number of hydrogen-bond acceptors (Lipinski definition) is 5. The average molecular weight is 364 g/mol. The number of rotatable bonds is 6. The van der Waals surface area contributed by atoms with Gasteiger partial charge in [0, 0.05) is 35.8 Å². The quantitative estimate of drug-likeness (QED) is 0.654. The van der Waals surface area contributed by atoms with E-state index in [1.165, 1.54) is 25.4 Å². The van der Waals surface area contributed by atoms with Crippen molar-refractivity contribution in [1.82, 2.24) is 15.3 Å². The number of Topliss-reactive ketones (excluding diaryl/α,β-unsaturated/α-hetero) is 1. The highest BCUT2D eigenvalue weighted by molar-refractivity contribution is 5.94. The molecule has 0 atom stereocenters. The lowest BCUT2D eigenvalue weighted by Crippen LogP contribution is -2.23. The summed E-state index contributed by atoms with van der Waals surface area (Å²) in [7, 11) is 0. The molecule has 0 unspecified atom stereocenters. The van der Waals surface area contributed by atoms with Crippen LogP contribution in [0.1, 0.15) is 33.2 Å². The number of hydrogen-bond donors (Lipinski definition) is 2. The number of carbonyl (C=O) groups is 2. The van der Waals surface area contributed by atoms with Crippen molar-refractivity contribution in [2.45, 2.75) is 13.5 Å². The number of nitrogens with zero attached hydrogens (tertiary/aromatic N) is 2. The van der Waals surface area contributed by atoms with E-state index in [-0.39, 0.29) is 23.7 Å². The molecule has 0 aliphatic carbocycles. The molecule has 0 aliphatic heterocycles. The van der Waals surface area contributed by atoms with Crippen LogP contribution in [0.2, 0.25) is 0 Å². The maximum atomic E-state index is 13.6. The summed E-state index contributed by atoms with van der Waals surface area (Å²) in [6.07, 6.45) is 2.77. The molecule has 3 rings (SSSR count). The fourth-order valence-corrected chi connectivity index (χ4v) is 2.35. The highest BCUT2D eigenvalue weighted by atomic mass is 19.1. The van der Waals surface area contributed by atoms with Crippen molar-refractivity contribution in [1.29, 1.82) is 0 Å². The van der Waals surface area contributed by atoms with Gasteiger partial charge in [0.2, 0.25) is 5.95 Å². The van der Waals surface area contributed by atoms with E-state index >= 15 is 0 Å². The van der Waals surface area contributed by atoms with Gasteiger partial charge in [-0.2, -0.15) is 0 Å². The van der Waals surface area contributed by atoms with Crippen LogP contribution < -0.4 is 10.6 Å². The zero-order valence-corrected chi connectivity index (χ0v) is 14.6. The van der Waals surface area contributed by atoms with Crippen LogP contribution in [0, 0.1) is 5.82 Å². The van der Waals surface area contributed by atoms with E-state index in [2.05, 4.69) is 20.6 Å². The fraction of sp³-hybridized carbons (Fsp3) is 0.100. The van der Waals surface area contributed by atoms with Gasteiger partial charge >= 0.3 is 0 Å². The minimum atomic E-state index is -0.393. The topological polar surface area (TPSA) is 84.0 Å². The molecule has 1 aromatic heterocycles. The van der Waals surface area contributed by atoms with Gasteiger partial charge in [-0.15, -0.1) is 0 Å². The molecule has 0 aliphatic rings.